The fraction of sp³-hybridized carbons (Fsp3) is 0.318. The van der Waals surface area contributed by atoms with E-state index in [1.54, 1.807) is 50.4 Å². The van der Waals surface area contributed by atoms with Crippen molar-refractivity contribution < 1.29 is 14.3 Å². The molecule has 0 atom stereocenters. The minimum Gasteiger partial charge on any atom is -0.497 e. The van der Waals surface area contributed by atoms with E-state index in [1.165, 1.54) is 0 Å². The molecule has 0 saturated heterocycles. The molecule has 0 spiro atoms. The van der Waals surface area contributed by atoms with Gasteiger partial charge in [0.25, 0.3) is 5.91 Å². The summed E-state index contributed by atoms with van der Waals surface area (Å²) in [7, 11) is 1.58. The van der Waals surface area contributed by atoms with Crippen LogP contribution in [0.3, 0.4) is 0 Å². The van der Waals surface area contributed by atoms with Gasteiger partial charge in [-0.3, -0.25) is 9.59 Å². The zero-order valence-corrected chi connectivity index (χ0v) is 17.0. The third-order valence-electron chi connectivity index (χ3n) is 4.15. The number of hydrogen-bond acceptors (Lipinski definition) is 4. The van der Waals surface area contributed by atoms with E-state index in [4.69, 9.17) is 4.74 Å². The van der Waals surface area contributed by atoms with E-state index in [2.05, 4.69) is 36.6 Å². The first-order valence-corrected chi connectivity index (χ1v) is 9.07. The first-order chi connectivity index (χ1) is 13.2. The van der Waals surface area contributed by atoms with Crippen molar-refractivity contribution in [3.05, 3.63) is 59.7 Å². The highest BCUT2D eigenvalue weighted by molar-refractivity contribution is 6.06. The predicted molar refractivity (Wildman–Crippen MR) is 112 cm³/mol. The molecule has 0 aromatic heterocycles. The summed E-state index contributed by atoms with van der Waals surface area (Å²) in [6.07, 6.45) is 0.0786. The Morgan fingerprint density at radius 1 is 1.00 bits per heavy atom. The van der Waals surface area contributed by atoms with Crippen molar-refractivity contribution in [2.24, 2.45) is 5.10 Å². The van der Waals surface area contributed by atoms with Crippen LogP contribution in [0.2, 0.25) is 0 Å². The summed E-state index contributed by atoms with van der Waals surface area (Å²) >= 11 is 0. The second-order valence-corrected chi connectivity index (χ2v) is 7.57. The quantitative estimate of drug-likeness (QED) is 0.583. The van der Waals surface area contributed by atoms with E-state index in [-0.39, 0.29) is 23.7 Å². The first-order valence-electron chi connectivity index (χ1n) is 9.07. The standard InChI is InChI=1S/C22H27N3O3/c1-15(14-20(26)23-18-10-12-19(28-5)13-11-18)24-25-21(27)16-6-8-17(9-7-16)22(2,3)4/h6-13H,14H2,1-5H3,(H,23,26)(H,25,27)/b24-15-. The number of carbonyl (C=O) groups is 2. The van der Waals surface area contributed by atoms with Gasteiger partial charge < -0.3 is 10.1 Å². The van der Waals surface area contributed by atoms with Gasteiger partial charge in [-0.2, -0.15) is 5.10 Å². The Morgan fingerprint density at radius 3 is 2.14 bits per heavy atom. The molecule has 2 aromatic carbocycles. The molecule has 0 aliphatic carbocycles. The monoisotopic (exact) mass is 381 g/mol. The minimum absolute atomic E-state index is 0.0288. The maximum Gasteiger partial charge on any atom is 0.271 e. The summed E-state index contributed by atoms with van der Waals surface area (Å²) in [6.45, 7) is 8.04. The molecule has 0 radical (unpaired) electrons. The molecule has 0 aliphatic rings. The van der Waals surface area contributed by atoms with Crippen molar-refractivity contribution in [1.82, 2.24) is 5.43 Å². The molecule has 6 nitrogen and oxygen atoms in total. The van der Waals surface area contributed by atoms with Crippen LogP contribution in [0.5, 0.6) is 5.75 Å². The molecule has 28 heavy (non-hydrogen) atoms. The lowest BCUT2D eigenvalue weighted by atomic mass is 9.87. The van der Waals surface area contributed by atoms with Crippen molar-refractivity contribution in [3.8, 4) is 5.75 Å². The highest BCUT2D eigenvalue weighted by Crippen LogP contribution is 2.22. The molecule has 0 heterocycles. The van der Waals surface area contributed by atoms with Gasteiger partial charge in [0.1, 0.15) is 5.75 Å². The molecule has 2 N–H and O–H groups in total. The smallest absolute Gasteiger partial charge is 0.271 e. The Balaban J connectivity index is 1.88. The number of methoxy groups -OCH3 is 1. The van der Waals surface area contributed by atoms with Gasteiger partial charge in [-0.05, 0) is 54.3 Å². The number of hydrogen-bond donors (Lipinski definition) is 2. The van der Waals surface area contributed by atoms with Gasteiger partial charge in [-0.25, -0.2) is 5.43 Å². The average Bonchev–Trinajstić information content (AvgIpc) is 2.66. The van der Waals surface area contributed by atoms with E-state index in [9.17, 15) is 9.59 Å². The van der Waals surface area contributed by atoms with Crippen LogP contribution in [-0.4, -0.2) is 24.6 Å². The summed E-state index contributed by atoms with van der Waals surface area (Å²) in [5.41, 5.74) is 5.37. The number of amides is 2. The Bertz CT molecular complexity index is 848. The van der Waals surface area contributed by atoms with Gasteiger partial charge in [0.15, 0.2) is 0 Å². The number of rotatable bonds is 6. The Hall–Kier alpha value is -3.15. The maximum absolute atomic E-state index is 12.2. The molecular weight excluding hydrogens is 354 g/mol. The molecule has 0 saturated carbocycles. The van der Waals surface area contributed by atoms with Crippen molar-refractivity contribution in [1.29, 1.82) is 0 Å². The number of carbonyl (C=O) groups excluding carboxylic acids is 2. The normalized spacial score (nSPS) is 11.7. The van der Waals surface area contributed by atoms with Crippen molar-refractivity contribution in [2.45, 2.75) is 39.5 Å². The van der Waals surface area contributed by atoms with Crippen molar-refractivity contribution in [2.75, 3.05) is 12.4 Å². The number of hydrazone groups is 1. The van der Waals surface area contributed by atoms with E-state index in [0.29, 0.717) is 22.7 Å². The van der Waals surface area contributed by atoms with Crippen LogP contribution in [0.15, 0.2) is 53.6 Å². The van der Waals surface area contributed by atoms with Gasteiger partial charge in [-0.15, -0.1) is 0 Å². The molecule has 148 valence electrons. The lowest BCUT2D eigenvalue weighted by Crippen LogP contribution is -2.21. The molecule has 6 heteroatoms. The summed E-state index contributed by atoms with van der Waals surface area (Å²) in [5.74, 6) is 0.194. The number of anilines is 1. The largest absolute Gasteiger partial charge is 0.497 e. The summed E-state index contributed by atoms with van der Waals surface area (Å²) in [5, 5.41) is 6.79. The van der Waals surface area contributed by atoms with Crippen LogP contribution in [0, 0.1) is 0 Å². The Kier molecular flexibility index (Phi) is 6.93. The molecule has 0 fully saturated rings. The van der Waals surface area contributed by atoms with E-state index in [0.717, 1.165) is 5.56 Å². The van der Waals surface area contributed by atoms with Gasteiger partial charge in [0.05, 0.1) is 13.5 Å². The van der Waals surface area contributed by atoms with Crippen LogP contribution in [0.1, 0.15) is 50.0 Å². The highest BCUT2D eigenvalue weighted by atomic mass is 16.5. The van der Waals surface area contributed by atoms with E-state index in [1.807, 2.05) is 12.1 Å². The van der Waals surface area contributed by atoms with E-state index < -0.39 is 0 Å². The summed E-state index contributed by atoms with van der Waals surface area (Å²) < 4.78 is 5.08. The number of nitrogens with one attached hydrogen (secondary N) is 2. The first kappa shape index (κ1) is 21.2. The van der Waals surface area contributed by atoms with Gasteiger partial charge in [-0.1, -0.05) is 32.9 Å². The lowest BCUT2D eigenvalue weighted by Gasteiger charge is -2.18. The third kappa shape index (κ3) is 6.23. The SMILES string of the molecule is COc1ccc(NC(=O)C/C(C)=N\NC(=O)c2ccc(C(C)(C)C)cc2)cc1. The molecule has 2 rings (SSSR count). The second-order valence-electron chi connectivity index (χ2n) is 7.57. The van der Waals surface area contributed by atoms with Gasteiger partial charge in [0.2, 0.25) is 5.91 Å². The topological polar surface area (TPSA) is 79.8 Å². The zero-order chi connectivity index (χ0) is 20.7. The van der Waals surface area contributed by atoms with E-state index >= 15 is 0 Å². The van der Waals surface area contributed by atoms with Gasteiger partial charge in [0, 0.05) is 17.0 Å². The van der Waals surface area contributed by atoms with Crippen LogP contribution in [0.25, 0.3) is 0 Å². The zero-order valence-electron chi connectivity index (χ0n) is 17.0. The molecule has 0 bridgehead atoms. The van der Waals surface area contributed by atoms with Gasteiger partial charge >= 0.3 is 0 Å². The van der Waals surface area contributed by atoms with Crippen LogP contribution in [0.4, 0.5) is 5.69 Å². The van der Waals surface area contributed by atoms with Crippen molar-refractivity contribution >= 4 is 23.2 Å². The Labute approximate surface area is 166 Å². The fourth-order valence-electron chi connectivity index (χ4n) is 2.48. The number of ether oxygens (including phenoxy) is 1. The summed E-state index contributed by atoms with van der Waals surface area (Å²) in [6, 6.07) is 14.5. The highest BCUT2D eigenvalue weighted by Gasteiger charge is 2.14. The van der Waals surface area contributed by atoms with Crippen LogP contribution in [-0.2, 0) is 10.2 Å². The fourth-order valence-corrected chi connectivity index (χ4v) is 2.48. The van der Waals surface area contributed by atoms with Crippen molar-refractivity contribution in [3.63, 3.8) is 0 Å². The number of nitrogens with zero attached hydrogens (tertiary/aromatic N) is 1. The summed E-state index contributed by atoms with van der Waals surface area (Å²) in [4.78, 5) is 24.3. The maximum atomic E-state index is 12.2. The molecule has 2 aromatic rings. The molecule has 2 amide bonds. The molecule has 0 unspecified atom stereocenters. The minimum atomic E-state index is -0.310. The third-order valence-corrected chi connectivity index (χ3v) is 4.15. The van der Waals surface area contributed by atoms with Crippen LogP contribution < -0.4 is 15.5 Å². The molecular formula is C22H27N3O3. The second kappa shape index (κ2) is 9.17. The number of benzene rings is 2. The average molecular weight is 381 g/mol. The lowest BCUT2D eigenvalue weighted by molar-refractivity contribution is -0.115. The Morgan fingerprint density at radius 2 is 1.61 bits per heavy atom. The molecule has 0 aliphatic heterocycles. The predicted octanol–water partition coefficient (Wildman–Crippen LogP) is 4.13. The van der Waals surface area contributed by atoms with Crippen LogP contribution >= 0.6 is 0 Å².